The molecule has 0 aliphatic heterocycles. The highest BCUT2D eigenvalue weighted by Crippen LogP contribution is 2.33. The SMILES string of the molecule is CCCCN(C(=O)C(CS)NC(=O)OC(C)(C)C)C(C(=O)Nc1ccccc1C)c1cccc(C)c1O. The molecule has 3 amide bonds. The highest BCUT2D eigenvalue weighted by Gasteiger charge is 2.37. The van der Waals surface area contributed by atoms with Crippen LogP contribution in [0.1, 0.15) is 63.3 Å². The standard InChI is InChI=1S/C28H39N3O5S/c1-7-8-16-31(26(34)22(17-37)30-27(35)36-28(4,5)6)23(20-14-11-13-19(3)24(20)32)25(33)29-21-15-10-9-12-18(21)2/h9-15,22-23,32,37H,7-8,16-17H2,1-6H3,(H,29,33)(H,30,35). The fourth-order valence-corrected chi connectivity index (χ4v) is 4.05. The van der Waals surface area contributed by atoms with Crippen LogP contribution in [0, 0.1) is 13.8 Å². The molecule has 0 aromatic heterocycles. The normalized spacial score (nSPS) is 12.8. The van der Waals surface area contributed by atoms with Gasteiger partial charge < -0.3 is 25.4 Å². The van der Waals surface area contributed by atoms with E-state index in [1.807, 2.05) is 32.0 Å². The third kappa shape index (κ3) is 8.42. The largest absolute Gasteiger partial charge is 0.507 e. The Morgan fingerprint density at radius 3 is 2.30 bits per heavy atom. The molecule has 0 aliphatic carbocycles. The maximum absolute atomic E-state index is 13.9. The zero-order chi connectivity index (χ0) is 27.8. The quantitative estimate of drug-likeness (QED) is 0.319. The highest BCUT2D eigenvalue weighted by atomic mass is 32.1. The third-order valence-electron chi connectivity index (χ3n) is 5.73. The van der Waals surface area contributed by atoms with Gasteiger partial charge in [0.2, 0.25) is 5.91 Å². The number of aromatic hydroxyl groups is 1. The van der Waals surface area contributed by atoms with Crippen LogP contribution >= 0.6 is 12.6 Å². The lowest BCUT2D eigenvalue weighted by molar-refractivity contribution is -0.140. The van der Waals surface area contributed by atoms with E-state index in [-0.39, 0.29) is 18.0 Å². The second-order valence-corrected chi connectivity index (χ2v) is 10.4. The number of benzene rings is 2. The number of nitrogens with one attached hydrogen (secondary N) is 2. The van der Waals surface area contributed by atoms with Crippen molar-refractivity contribution in [1.82, 2.24) is 10.2 Å². The topological polar surface area (TPSA) is 108 Å². The number of rotatable bonds is 10. The molecule has 2 aromatic rings. The average molecular weight is 530 g/mol. The second kappa shape index (κ2) is 13.4. The lowest BCUT2D eigenvalue weighted by Crippen LogP contribution is -2.53. The van der Waals surface area contributed by atoms with Crippen LogP contribution in [0.15, 0.2) is 42.5 Å². The lowest BCUT2D eigenvalue weighted by Gasteiger charge is -2.34. The van der Waals surface area contributed by atoms with Crippen molar-refractivity contribution in [2.75, 3.05) is 17.6 Å². The first-order valence-corrected chi connectivity index (χ1v) is 13.1. The fraction of sp³-hybridized carbons (Fsp3) is 0.464. The van der Waals surface area contributed by atoms with E-state index in [1.54, 1.807) is 52.0 Å². The van der Waals surface area contributed by atoms with Gasteiger partial charge in [0.1, 0.15) is 23.4 Å². The summed E-state index contributed by atoms with van der Waals surface area (Å²) < 4.78 is 5.33. The summed E-state index contributed by atoms with van der Waals surface area (Å²) in [6, 6.07) is 10.2. The van der Waals surface area contributed by atoms with Crippen molar-refractivity contribution in [2.24, 2.45) is 0 Å². The number of unbranched alkanes of at least 4 members (excludes halogenated alkanes) is 1. The molecular formula is C28H39N3O5S. The number of nitrogens with zero attached hydrogens (tertiary/aromatic N) is 1. The number of thiol groups is 1. The maximum atomic E-state index is 13.9. The van der Waals surface area contributed by atoms with E-state index in [9.17, 15) is 19.5 Å². The number of aryl methyl sites for hydroxylation is 2. The predicted octanol–water partition coefficient (Wildman–Crippen LogP) is 5.14. The molecule has 0 aliphatic rings. The van der Waals surface area contributed by atoms with Crippen molar-refractivity contribution in [2.45, 2.75) is 72.1 Å². The van der Waals surface area contributed by atoms with Crippen LogP contribution in [0.5, 0.6) is 5.75 Å². The molecule has 0 fully saturated rings. The van der Waals surface area contributed by atoms with Gasteiger partial charge in [0, 0.05) is 23.5 Å². The number of carbonyl (C=O) groups is 3. The minimum absolute atomic E-state index is 0.00731. The molecule has 0 heterocycles. The fourth-order valence-electron chi connectivity index (χ4n) is 3.80. The van der Waals surface area contributed by atoms with Crippen LogP contribution in [0.2, 0.25) is 0 Å². The number of hydrogen-bond donors (Lipinski definition) is 4. The molecular weight excluding hydrogens is 490 g/mol. The Bertz CT molecular complexity index is 1100. The number of alkyl carbamates (subject to hydrolysis) is 1. The second-order valence-electron chi connectivity index (χ2n) is 9.99. The summed E-state index contributed by atoms with van der Waals surface area (Å²) in [4.78, 5) is 41.5. The minimum Gasteiger partial charge on any atom is -0.507 e. The van der Waals surface area contributed by atoms with E-state index >= 15 is 0 Å². The van der Waals surface area contributed by atoms with Crippen molar-refractivity contribution < 1.29 is 24.2 Å². The Kier molecular flexibility index (Phi) is 10.9. The number of amides is 3. The summed E-state index contributed by atoms with van der Waals surface area (Å²) in [5.41, 5.74) is 1.58. The number of carbonyl (C=O) groups excluding carboxylic acids is 3. The molecule has 2 unspecified atom stereocenters. The van der Waals surface area contributed by atoms with Crippen molar-refractivity contribution in [3.8, 4) is 5.75 Å². The average Bonchev–Trinajstić information content (AvgIpc) is 2.82. The summed E-state index contributed by atoms with van der Waals surface area (Å²) in [6.45, 7) is 11.0. The molecule has 9 heteroatoms. The van der Waals surface area contributed by atoms with Gasteiger partial charge in [-0.15, -0.1) is 0 Å². The number of hydrogen-bond acceptors (Lipinski definition) is 6. The van der Waals surface area contributed by atoms with Crippen LogP contribution in [0.25, 0.3) is 0 Å². The van der Waals surface area contributed by atoms with E-state index in [0.717, 1.165) is 12.0 Å². The summed E-state index contributed by atoms with van der Waals surface area (Å²) >= 11 is 4.30. The summed E-state index contributed by atoms with van der Waals surface area (Å²) in [5, 5.41) is 16.4. The van der Waals surface area contributed by atoms with Gasteiger partial charge >= 0.3 is 6.09 Å². The van der Waals surface area contributed by atoms with Crippen LogP contribution in [0.3, 0.4) is 0 Å². The molecule has 0 spiro atoms. The number of ether oxygens (including phenoxy) is 1. The van der Waals surface area contributed by atoms with Gasteiger partial charge in [0.25, 0.3) is 5.91 Å². The van der Waals surface area contributed by atoms with E-state index in [4.69, 9.17) is 4.74 Å². The van der Waals surface area contributed by atoms with Gasteiger partial charge in [-0.25, -0.2) is 4.79 Å². The predicted molar refractivity (Wildman–Crippen MR) is 149 cm³/mol. The zero-order valence-electron chi connectivity index (χ0n) is 22.5. The van der Waals surface area contributed by atoms with E-state index in [0.29, 0.717) is 23.2 Å². The van der Waals surface area contributed by atoms with Gasteiger partial charge in [-0.3, -0.25) is 9.59 Å². The Morgan fingerprint density at radius 1 is 1.05 bits per heavy atom. The van der Waals surface area contributed by atoms with Crippen molar-refractivity contribution >= 4 is 36.2 Å². The number of phenolic OH excluding ortho intramolecular Hbond substituents is 1. The summed E-state index contributed by atoms with van der Waals surface area (Å²) in [7, 11) is 0. The van der Waals surface area contributed by atoms with E-state index < -0.39 is 35.6 Å². The first kappa shape index (κ1) is 30.0. The Morgan fingerprint density at radius 2 is 1.70 bits per heavy atom. The summed E-state index contributed by atoms with van der Waals surface area (Å²) in [5.74, 6) is -1.05. The number of anilines is 1. The van der Waals surface area contributed by atoms with Crippen LogP contribution < -0.4 is 10.6 Å². The van der Waals surface area contributed by atoms with Crippen molar-refractivity contribution in [3.05, 3.63) is 59.2 Å². The molecule has 0 saturated heterocycles. The molecule has 2 atom stereocenters. The van der Waals surface area contributed by atoms with E-state index in [1.165, 1.54) is 4.90 Å². The molecule has 37 heavy (non-hydrogen) atoms. The molecule has 2 rings (SSSR count). The first-order valence-electron chi connectivity index (χ1n) is 12.4. The van der Waals surface area contributed by atoms with Gasteiger partial charge in [-0.05, 0) is 58.2 Å². The third-order valence-corrected chi connectivity index (χ3v) is 6.10. The van der Waals surface area contributed by atoms with Crippen LogP contribution in [-0.4, -0.2) is 51.9 Å². The first-order chi connectivity index (χ1) is 17.4. The monoisotopic (exact) mass is 529 g/mol. The molecule has 0 bridgehead atoms. The van der Waals surface area contributed by atoms with Gasteiger partial charge in [0.15, 0.2) is 0 Å². The number of para-hydroxylation sites is 2. The molecule has 8 nitrogen and oxygen atoms in total. The van der Waals surface area contributed by atoms with Gasteiger partial charge in [0.05, 0.1) is 0 Å². The molecule has 202 valence electrons. The van der Waals surface area contributed by atoms with E-state index in [2.05, 4.69) is 23.3 Å². The smallest absolute Gasteiger partial charge is 0.408 e. The Labute approximate surface area is 225 Å². The molecule has 0 radical (unpaired) electrons. The van der Waals surface area contributed by atoms with Crippen molar-refractivity contribution in [1.29, 1.82) is 0 Å². The van der Waals surface area contributed by atoms with Crippen LogP contribution in [0.4, 0.5) is 10.5 Å². The van der Waals surface area contributed by atoms with Gasteiger partial charge in [-0.1, -0.05) is 49.7 Å². The van der Waals surface area contributed by atoms with Crippen LogP contribution in [-0.2, 0) is 14.3 Å². The Balaban J connectivity index is 2.53. The zero-order valence-corrected chi connectivity index (χ0v) is 23.4. The molecule has 0 saturated carbocycles. The minimum atomic E-state index is -1.15. The van der Waals surface area contributed by atoms with Gasteiger partial charge in [-0.2, -0.15) is 12.6 Å². The Hall–Kier alpha value is -3.20. The van der Waals surface area contributed by atoms with Crippen molar-refractivity contribution in [3.63, 3.8) is 0 Å². The maximum Gasteiger partial charge on any atom is 0.408 e. The summed E-state index contributed by atoms with van der Waals surface area (Å²) in [6.07, 6.45) is 0.619. The number of phenols is 1. The lowest BCUT2D eigenvalue weighted by atomic mass is 9.98. The molecule has 3 N–H and O–H groups in total. The highest BCUT2D eigenvalue weighted by molar-refractivity contribution is 7.80. The molecule has 2 aromatic carbocycles.